The third-order valence-corrected chi connectivity index (χ3v) is 3.17. The van der Waals surface area contributed by atoms with Crippen molar-refractivity contribution >= 4 is 0 Å². The van der Waals surface area contributed by atoms with Crippen molar-refractivity contribution in [2.45, 2.75) is 26.6 Å². The molecule has 0 heterocycles. The summed E-state index contributed by atoms with van der Waals surface area (Å²) in [5.74, 6) is 0. The molecule has 0 aliphatic heterocycles. The van der Waals surface area contributed by atoms with Crippen LogP contribution in [-0.2, 0) is 19.6 Å². The van der Waals surface area contributed by atoms with Crippen molar-refractivity contribution in [3.8, 4) is 0 Å². The molecule has 2 rings (SSSR count). The Hall–Kier alpha value is -1.64. The molecule has 2 nitrogen and oxygen atoms in total. The number of rotatable bonds is 7. The lowest BCUT2D eigenvalue weighted by molar-refractivity contribution is 0.671. The molecule has 0 aliphatic rings. The first-order valence-corrected chi connectivity index (χ1v) is 6.92. The summed E-state index contributed by atoms with van der Waals surface area (Å²) in [4.78, 5) is 0. The van der Waals surface area contributed by atoms with Gasteiger partial charge >= 0.3 is 0 Å². The maximum atomic E-state index is 3.51. The summed E-state index contributed by atoms with van der Waals surface area (Å²) in [6.45, 7) is 5.91. The van der Waals surface area contributed by atoms with Crippen LogP contribution in [0.5, 0.6) is 0 Å². The molecule has 2 N–H and O–H groups in total. The molecule has 0 spiro atoms. The van der Waals surface area contributed by atoms with Gasteiger partial charge in [0.15, 0.2) is 0 Å². The Balaban J connectivity index is 1.88. The van der Waals surface area contributed by atoms with Crippen molar-refractivity contribution in [2.24, 2.45) is 0 Å². The molecule has 2 aromatic rings. The second-order valence-corrected chi connectivity index (χ2v) is 4.64. The van der Waals surface area contributed by atoms with Gasteiger partial charge in [0.1, 0.15) is 0 Å². The third-order valence-electron chi connectivity index (χ3n) is 3.17. The van der Waals surface area contributed by atoms with Crippen LogP contribution >= 0.6 is 0 Å². The topological polar surface area (TPSA) is 24.1 Å². The lowest BCUT2D eigenvalue weighted by atomic mass is 10.1. The fourth-order valence-corrected chi connectivity index (χ4v) is 2.10. The molecule has 0 aromatic heterocycles. The number of hydrogen-bond donors (Lipinski definition) is 2. The summed E-state index contributed by atoms with van der Waals surface area (Å²) in [5.41, 5.74) is 4.08. The molecular weight excluding hydrogens is 232 g/mol. The molecule has 0 aliphatic carbocycles. The van der Waals surface area contributed by atoms with Crippen LogP contribution in [0.1, 0.15) is 23.6 Å². The molecule has 2 aromatic carbocycles. The van der Waals surface area contributed by atoms with Gasteiger partial charge in [0.05, 0.1) is 0 Å². The first kappa shape index (κ1) is 13.8. The Morgan fingerprint density at radius 2 is 1.26 bits per heavy atom. The fraction of sp³-hybridized carbons (Fsp3) is 0.294. The SMILES string of the molecule is CCNCc1ccccc1CNCc1ccccc1. The minimum absolute atomic E-state index is 0.913. The zero-order valence-electron chi connectivity index (χ0n) is 11.5. The van der Waals surface area contributed by atoms with E-state index in [0.717, 1.165) is 26.2 Å². The summed E-state index contributed by atoms with van der Waals surface area (Å²) in [5, 5.41) is 6.89. The van der Waals surface area contributed by atoms with Crippen molar-refractivity contribution in [2.75, 3.05) is 6.54 Å². The molecule has 100 valence electrons. The van der Waals surface area contributed by atoms with E-state index < -0.39 is 0 Å². The highest BCUT2D eigenvalue weighted by Gasteiger charge is 2.00. The lowest BCUT2D eigenvalue weighted by Gasteiger charge is -2.11. The van der Waals surface area contributed by atoms with Crippen LogP contribution in [-0.4, -0.2) is 6.54 Å². The molecule has 19 heavy (non-hydrogen) atoms. The minimum atomic E-state index is 0.913. The van der Waals surface area contributed by atoms with Crippen molar-refractivity contribution in [1.29, 1.82) is 0 Å². The Morgan fingerprint density at radius 3 is 1.89 bits per heavy atom. The molecule has 0 fully saturated rings. The van der Waals surface area contributed by atoms with Gasteiger partial charge in [-0.1, -0.05) is 61.5 Å². The molecule has 0 unspecified atom stereocenters. The Morgan fingerprint density at radius 1 is 0.684 bits per heavy atom. The van der Waals surface area contributed by atoms with Crippen LogP contribution in [0.25, 0.3) is 0 Å². The smallest absolute Gasteiger partial charge is 0.0211 e. The first-order chi connectivity index (χ1) is 9.40. The zero-order valence-corrected chi connectivity index (χ0v) is 11.5. The van der Waals surface area contributed by atoms with Crippen molar-refractivity contribution in [1.82, 2.24) is 10.6 Å². The molecule has 0 atom stereocenters. The summed E-state index contributed by atoms with van der Waals surface area (Å²) in [7, 11) is 0. The molecule has 0 radical (unpaired) electrons. The second-order valence-electron chi connectivity index (χ2n) is 4.64. The summed E-state index contributed by atoms with van der Waals surface area (Å²) in [6, 6.07) is 19.1. The Labute approximate surface area is 115 Å². The third kappa shape index (κ3) is 4.51. The van der Waals surface area contributed by atoms with E-state index in [9.17, 15) is 0 Å². The minimum Gasteiger partial charge on any atom is -0.313 e. The van der Waals surface area contributed by atoms with E-state index in [1.165, 1.54) is 16.7 Å². The van der Waals surface area contributed by atoms with Crippen molar-refractivity contribution < 1.29 is 0 Å². The largest absolute Gasteiger partial charge is 0.313 e. The number of nitrogens with one attached hydrogen (secondary N) is 2. The predicted octanol–water partition coefficient (Wildman–Crippen LogP) is 3.09. The maximum absolute atomic E-state index is 3.51. The molecule has 0 amide bonds. The van der Waals surface area contributed by atoms with E-state index in [0.29, 0.717) is 0 Å². The standard InChI is InChI=1S/C17H22N2/c1-2-18-13-16-10-6-7-11-17(16)14-19-12-15-8-4-3-5-9-15/h3-11,18-19H,2,12-14H2,1H3. The highest BCUT2D eigenvalue weighted by molar-refractivity contribution is 5.27. The van der Waals surface area contributed by atoms with Gasteiger partial charge in [0.2, 0.25) is 0 Å². The van der Waals surface area contributed by atoms with E-state index in [1.807, 2.05) is 0 Å². The normalized spacial score (nSPS) is 10.6. The van der Waals surface area contributed by atoms with E-state index in [-0.39, 0.29) is 0 Å². The predicted molar refractivity (Wildman–Crippen MR) is 80.8 cm³/mol. The average Bonchev–Trinajstić information content (AvgIpc) is 2.47. The van der Waals surface area contributed by atoms with E-state index in [4.69, 9.17) is 0 Å². The van der Waals surface area contributed by atoms with Gasteiger partial charge in [-0.15, -0.1) is 0 Å². The monoisotopic (exact) mass is 254 g/mol. The van der Waals surface area contributed by atoms with Crippen LogP contribution in [0, 0.1) is 0 Å². The van der Waals surface area contributed by atoms with Gasteiger partial charge in [0.25, 0.3) is 0 Å². The van der Waals surface area contributed by atoms with Gasteiger partial charge in [-0.25, -0.2) is 0 Å². The zero-order chi connectivity index (χ0) is 13.3. The highest BCUT2D eigenvalue weighted by Crippen LogP contribution is 2.08. The first-order valence-electron chi connectivity index (χ1n) is 6.92. The van der Waals surface area contributed by atoms with Gasteiger partial charge in [-0.2, -0.15) is 0 Å². The van der Waals surface area contributed by atoms with Gasteiger partial charge < -0.3 is 10.6 Å². The number of benzene rings is 2. The van der Waals surface area contributed by atoms with E-state index in [2.05, 4.69) is 72.2 Å². The molecule has 0 bridgehead atoms. The quantitative estimate of drug-likeness (QED) is 0.793. The summed E-state index contributed by atoms with van der Waals surface area (Å²) in [6.07, 6.45) is 0. The Kier molecular flexibility index (Phi) is 5.60. The molecular formula is C17H22N2. The average molecular weight is 254 g/mol. The molecule has 2 heteroatoms. The van der Waals surface area contributed by atoms with Crippen molar-refractivity contribution in [3.05, 3.63) is 71.3 Å². The van der Waals surface area contributed by atoms with E-state index >= 15 is 0 Å². The van der Waals surface area contributed by atoms with Crippen LogP contribution in [0.15, 0.2) is 54.6 Å². The van der Waals surface area contributed by atoms with Crippen LogP contribution in [0.3, 0.4) is 0 Å². The second kappa shape index (κ2) is 7.72. The van der Waals surface area contributed by atoms with Gasteiger partial charge in [-0.3, -0.25) is 0 Å². The summed E-state index contributed by atoms with van der Waals surface area (Å²) < 4.78 is 0. The van der Waals surface area contributed by atoms with Gasteiger partial charge in [0, 0.05) is 19.6 Å². The molecule has 0 saturated carbocycles. The maximum Gasteiger partial charge on any atom is 0.0211 e. The van der Waals surface area contributed by atoms with Crippen LogP contribution in [0.4, 0.5) is 0 Å². The summed E-state index contributed by atoms with van der Waals surface area (Å²) >= 11 is 0. The Bertz CT molecular complexity index is 480. The highest BCUT2D eigenvalue weighted by atomic mass is 14.9. The fourth-order valence-electron chi connectivity index (χ4n) is 2.10. The van der Waals surface area contributed by atoms with E-state index in [1.54, 1.807) is 0 Å². The van der Waals surface area contributed by atoms with Crippen LogP contribution in [0.2, 0.25) is 0 Å². The molecule has 0 saturated heterocycles. The van der Waals surface area contributed by atoms with Crippen LogP contribution < -0.4 is 10.6 Å². The van der Waals surface area contributed by atoms with Crippen molar-refractivity contribution in [3.63, 3.8) is 0 Å². The number of hydrogen-bond acceptors (Lipinski definition) is 2. The lowest BCUT2D eigenvalue weighted by Crippen LogP contribution is -2.17. The van der Waals surface area contributed by atoms with Gasteiger partial charge in [-0.05, 0) is 23.2 Å².